The van der Waals surface area contributed by atoms with Gasteiger partial charge < -0.3 is 5.11 Å². The van der Waals surface area contributed by atoms with Crippen molar-refractivity contribution in [1.29, 1.82) is 0 Å². The van der Waals surface area contributed by atoms with Gasteiger partial charge in [-0.25, -0.2) is 0 Å². The van der Waals surface area contributed by atoms with Crippen LogP contribution in [0, 0.1) is 13.8 Å². The molecule has 0 aliphatic heterocycles. The second-order valence-corrected chi connectivity index (χ2v) is 5.58. The van der Waals surface area contributed by atoms with Gasteiger partial charge in [-0.1, -0.05) is 15.9 Å². The Balaban J connectivity index is 2.46. The van der Waals surface area contributed by atoms with Crippen LogP contribution in [0.2, 0.25) is 0 Å². The summed E-state index contributed by atoms with van der Waals surface area (Å²) in [5, 5.41) is 11.5. The number of halogens is 1. The van der Waals surface area contributed by atoms with E-state index < -0.39 is 5.97 Å². The third kappa shape index (κ3) is 2.85. The van der Waals surface area contributed by atoms with Gasteiger partial charge in [0.05, 0.1) is 5.69 Å². The van der Waals surface area contributed by atoms with E-state index in [1.54, 1.807) is 4.68 Å². The number of aryl methyl sites for hydroxylation is 1. The molecule has 0 atom stereocenters. The first-order valence-electron chi connectivity index (χ1n) is 6.19. The van der Waals surface area contributed by atoms with Crippen LogP contribution in [0.3, 0.4) is 0 Å². The van der Waals surface area contributed by atoms with Gasteiger partial charge in [0.15, 0.2) is 0 Å². The van der Waals surface area contributed by atoms with Gasteiger partial charge in [0.2, 0.25) is 0 Å². The number of aromatic amines is 1. The molecule has 0 fully saturated rings. The Morgan fingerprint density at radius 2 is 2.10 bits per heavy atom. The van der Waals surface area contributed by atoms with Crippen molar-refractivity contribution >= 4 is 21.9 Å². The molecule has 6 heteroatoms. The van der Waals surface area contributed by atoms with Gasteiger partial charge in [0.1, 0.15) is 0 Å². The van der Waals surface area contributed by atoms with Gasteiger partial charge in [0.25, 0.3) is 5.56 Å². The number of hydrogen-bond acceptors (Lipinski definition) is 2. The third-order valence-corrected chi connectivity index (χ3v) is 3.74. The van der Waals surface area contributed by atoms with E-state index in [-0.39, 0.29) is 18.4 Å². The summed E-state index contributed by atoms with van der Waals surface area (Å²) < 4.78 is 2.68. The van der Waals surface area contributed by atoms with Gasteiger partial charge in [-0.2, -0.15) is 0 Å². The maximum atomic E-state index is 11.9. The third-order valence-electron chi connectivity index (χ3n) is 3.25. The van der Waals surface area contributed by atoms with Crippen molar-refractivity contribution in [2.75, 3.05) is 0 Å². The minimum atomic E-state index is -0.906. The van der Waals surface area contributed by atoms with Gasteiger partial charge in [-0.3, -0.25) is 19.4 Å². The van der Waals surface area contributed by atoms with Crippen molar-refractivity contribution in [3.8, 4) is 5.69 Å². The summed E-state index contributed by atoms with van der Waals surface area (Å²) in [6.07, 6.45) is 0.187. The fourth-order valence-corrected chi connectivity index (χ4v) is 2.66. The summed E-state index contributed by atoms with van der Waals surface area (Å²) in [6, 6.07) is 5.77. The average molecular weight is 339 g/mol. The lowest BCUT2D eigenvalue weighted by Crippen LogP contribution is -2.09. The van der Waals surface area contributed by atoms with Crippen LogP contribution in [0.5, 0.6) is 0 Å². The number of aliphatic carboxylic acids is 1. The molecule has 1 aromatic heterocycles. The van der Waals surface area contributed by atoms with E-state index in [4.69, 9.17) is 5.11 Å². The minimum Gasteiger partial charge on any atom is -0.481 e. The molecule has 0 saturated heterocycles. The van der Waals surface area contributed by atoms with E-state index in [1.165, 1.54) is 0 Å². The van der Waals surface area contributed by atoms with Crippen molar-refractivity contribution in [3.05, 3.63) is 49.8 Å². The first-order chi connectivity index (χ1) is 9.40. The summed E-state index contributed by atoms with van der Waals surface area (Å²) in [5.74, 6) is -0.906. The van der Waals surface area contributed by atoms with Crippen LogP contribution < -0.4 is 5.56 Å². The Kier molecular flexibility index (Phi) is 4.13. The number of nitrogens with zero attached hydrogens (tertiary/aromatic N) is 1. The van der Waals surface area contributed by atoms with E-state index >= 15 is 0 Å². The van der Waals surface area contributed by atoms with E-state index in [2.05, 4.69) is 21.0 Å². The lowest BCUT2D eigenvalue weighted by Gasteiger charge is -2.10. The molecule has 1 heterocycles. The number of aromatic nitrogens is 2. The molecule has 0 saturated carbocycles. The second kappa shape index (κ2) is 5.66. The van der Waals surface area contributed by atoms with Gasteiger partial charge in [-0.05, 0) is 44.0 Å². The van der Waals surface area contributed by atoms with Crippen LogP contribution in [-0.2, 0) is 11.2 Å². The van der Waals surface area contributed by atoms with Crippen molar-refractivity contribution in [2.45, 2.75) is 26.7 Å². The molecule has 106 valence electrons. The highest BCUT2D eigenvalue weighted by molar-refractivity contribution is 9.10. The molecule has 20 heavy (non-hydrogen) atoms. The highest BCUT2D eigenvalue weighted by Gasteiger charge is 2.14. The summed E-state index contributed by atoms with van der Waals surface area (Å²) >= 11 is 3.40. The van der Waals surface area contributed by atoms with Crippen LogP contribution in [0.15, 0.2) is 27.5 Å². The van der Waals surface area contributed by atoms with Crippen molar-refractivity contribution in [3.63, 3.8) is 0 Å². The van der Waals surface area contributed by atoms with Crippen molar-refractivity contribution < 1.29 is 9.90 Å². The highest BCUT2D eigenvalue weighted by atomic mass is 79.9. The maximum Gasteiger partial charge on any atom is 0.303 e. The number of rotatable bonds is 4. The lowest BCUT2D eigenvalue weighted by molar-refractivity contribution is -0.136. The van der Waals surface area contributed by atoms with Crippen LogP contribution in [0.4, 0.5) is 0 Å². The minimum absolute atomic E-state index is 0.0484. The molecular formula is C14H15BrN2O3. The number of benzene rings is 1. The lowest BCUT2D eigenvalue weighted by atomic mass is 10.1. The predicted octanol–water partition coefficient (Wildman–Crippen LogP) is 2.56. The molecule has 1 aromatic carbocycles. The molecule has 0 spiro atoms. The molecule has 0 aliphatic rings. The Bertz CT molecular complexity index is 716. The van der Waals surface area contributed by atoms with Crippen LogP contribution in [-0.4, -0.2) is 20.9 Å². The topological polar surface area (TPSA) is 75.1 Å². The fraction of sp³-hybridized carbons (Fsp3) is 0.286. The average Bonchev–Trinajstić information content (AvgIpc) is 2.62. The van der Waals surface area contributed by atoms with E-state index in [9.17, 15) is 9.59 Å². The van der Waals surface area contributed by atoms with Crippen LogP contribution in [0.1, 0.15) is 23.2 Å². The molecule has 5 nitrogen and oxygen atoms in total. The van der Waals surface area contributed by atoms with Gasteiger partial charge in [0, 0.05) is 22.2 Å². The number of carboxylic acids is 1. The number of carboxylic acid groups (broad SMARTS) is 1. The van der Waals surface area contributed by atoms with Gasteiger partial charge in [-0.15, -0.1) is 0 Å². The Morgan fingerprint density at radius 3 is 2.70 bits per heavy atom. The molecule has 0 amide bonds. The zero-order chi connectivity index (χ0) is 14.9. The predicted molar refractivity (Wildman–Crippen MR) is 79.5 cm³/mol. The summed E-state index contributed by atoms with van der Waals surface area (Å²) in [6.45, 7) is 3.77. The van der Waals surface area contributed by atoms with E-state index in [1.807, 2.05) is 32.0 Å². The molecule has 0 aliphatic carbocycles. The number of H-pyrrole nitrogens is 1. The first-order valence-corrected chi connectivity index (χ1v) is 6.98. The van der Waals surface area contributed by atoms with Gasteiger partial charge >= 0.3 is 5.97 Å². The second-order valence-electron chi connectivity index (χ2n) is 4.66. The number of hydrogen-bond donors (Lipinski definition) is 2. The summed E-state index contributed by atoms with van der Waals surface area (Å²) in [5.41, 5.74) is 2.94. The fourth-order valence-electron chi connectivity index (χ4n) is 2.19. The quantitative estimate of drug-likeness (QED) is 0.899. The Hall–Kier alpha value is -1.82. The molecular weight excluding hydrogens is 324 g/mol. The molecule has 0 bridgehead atoms. The standard InChI is InChI=1S/C14H15BrN2O3/c1-8-7-10(15)3-5-12(8)17-9(2)11(14(20)16-17)4-6-13(18)19/h3,5,7H,4,6H2,1-2H3,(H,16,20)(H,18,19). The number of nitrogens with one attached hydrogen (secondary N) is 1. The maximum absolute atomic E-state index is 11.9. The van der Waals surface area contributed by atoms with E-state index in [0.29, 0.717) is 5.56 Å². The molecule has 2 rings (SSSR count). The largest absolute Gasteiger partial charge is 0.481 e. The molecule has 2 N–H and O–H groups in total. The normalized spacial score (nSPS) is 10.8. The highest BCUT2D eigenvalue weighted by Crippen LogP contribution is 2.20. The zero-order valence-electron chi connectivity index (χ0n) is 11.2. The Morgan fingerprint density at radius 1 is 1.40 bits per heavy atom. The summed E-state index contributed by atoms with van der Waals surface area (Å²) in [7, 11) is 0. The summed E-state index contributed by atoms with van der Waals surface area (Å²) in [4.78, 5) is 22.6. The van der Waals surface area contributed by atoms with E-state index in [0.717, 1.165) is 21.4 Å². The molecule has 0 unspecified atom stereocenters. The monoisotopic (exact) mass is 338 g/mol. The SMILES string of the molecule is Cc1cc(Br)ccc1-n1[nH]c(=O)c(CCC(=O)O)c1C. The first kappa shape index (κ1) is 14.6. The molecule has 0 radical (unpaired) electrons. The molecule has 2 aromatic rings. The smallest absolute Gasteiger partial charge is 0.303 e. The Labute approximate surface area is 124 Å². The van der Waals surface area contributed by atoms with Crippen molar-refractivity contribution in [2.24, 2.45) is 0 Å². The van der Waals surface area contributed by atoms with Crippen LogP contribution in [0.25, 0.3) is 5.69 Å². The zero-order valence-corrected chi connectivity index (χ0v) is 12.8. The van der Waals surface area contributed by atoms with Crippen molar-refractivity contribution in [1.82, 2.24) is 9.78 Å². The number of carbonyl (C=O) groups is 1. The van der Waals surface area contributed by atoms with Crippen LogP contribution >= 0.6 is 15.9 Å².